The topological polar surface area (TPSA) is 15.3 Å². The first-order chi connectivity index (χ1) is 6.07. The summed E-state index contributed by atoms with van der Waals surface area (Å²) < 4.78 is 0. The molecule has 0 atom stereocenters. The van der Waals surface area contributed by atoms with E-state index in [2.05, 4.69) is 37.9 Å². The van der Waals surface area contributed by atoms with Crippen LogP contribution in [0, 0.1) is 5.92 Å². The smallest absolute Gasteiger partial charge is 0.0109 e. The van der Waals surface area contributed by atoms with Crippen LogP contribution < -0.4 is 5.32 Å². The highest BCUT2D eigenvalue weighted by atomic mass is 15.2. The maximum absolute atomic E-state index is 3.20. The molecule has 0 fully saturated rings. The SMILES string of the molecule is CNCCN(CCC(C)C)C(C)C. The fraction of sp³-hybridized carbons (Fsp3) is 1.00. The van der Waals surface area contributed by atoms with E-state index in [1.165, 1.54) is 19.5 Å². The molecule has 0 aliphatic carbocycles. The fourth-order valence-corrected chi connectivity index (χ4v) is 1.31. The van der Waals surface area contributed by atoms with Gasteiger partial charge >= 0.3 is 0 Å². The Bertz CT molecular complexity index is 111. The zero-order chi connectivity index (χ0) is 10.3. The van der Waals surface area contributed by atoms with Crippen molar-refractivity contribution in [2.45, 2.75) is 40.2 Å². The Morgan fingerprint density at radius 2 is 1.69 bits per heavy atom. The van der Waals surface area contributed by atoms with Gasteiger partial charge in [0.25, 0.3) is 0 Å². The van der Waals surface area contributed by atoms with Crippen molar-refractivity contribution in [1.82, 2.24) is 10.2 Å². The van der Waals surface area contributed by atoms with Crippen molar-refractivity contribution in [2.75, 3.05) is 26.7 Å². The van der Waals surface area contributed by atoms with E-state index in [-0.39, 0.29) is 0 Å². The number of rotatable bonds is 7. The van der Waals surface area contributed by atoms with E-state index >= 15 is 0 Å². The highest BCUT2D eigenvalue weighted by molar-refractivity contribution is 4.64. The van der Waals surface area contributed by atoms with Gasteiger partial charge in [-0.1, -0.05) is 13.8 Å². The molecule has 13 heavy (non-hydrogen) atoms. The van der Waals surface area contributed by atoms with Crippen LogP contribution in [0.25, 0.3) is 0 Å². The van der Waals surface area contributed by atoms with Gasteiger partial charge in [-0.25, -0.2) is 0 Å². The molecule has 80 valence electrons. The van der Waals surface area contributed by atoms with Crippen LogP contribution in [-0.4, -0.2) is 37.6 Å². The van der Waals surface area contributed by atoms with Crippen molar-refractivity contribution in [3.8, 4) is 0 Å². The summed E-state index contributed by atoms with van der Waals surface area (Å²) in [6, 6.07) is 0.673. The van der Waals surface area contributed by atoms with E-state index in [0.29, 0.717) is 6.04 Å². The fourth-order valence-electron chi connectivity index (χ4n) is 1.31. The Morgan fingerprint density at radius 3 is 2.08 bits per heavy atom. The lowest BCUT2D eigenvalue weighted by molar-refractivity contribution is 0.211. The van der Waals surface area contributed by atoms with Crippen LogP contribution in [0.5, 0.6) is 0 Å². The Labute approximate surface area is 83.7 Å². The molecule has 0 saturated carbocycles. The van der Waals surface area contributed by atoms with Crippen molar-refractivity contribution in [3.05, 3.63) is 0 Å². The van der Waals surface area contributed by atoms with Crippen molar-refractivity contribution in [2.24, 2.45) is 5.92 Å². The van der Waals surface area contributed by atoms with Gasteiger partial charge in [0.05, 0.1) is 0 Å². The van der Waals surface area contributed by atoms with Gasteiger partial charge in [-0.2, -0.15) is 0 Å². The molecule has 0 aromatic rings. The zero-order valence-electron chi connectivity index (χ0n) is 9.93. The van der Waals surface area contributed by atoms with Gasteiger partial charge < -0.3 is 5.32 Å². The first-order valence-corrected chi connectivity index (χ1v) is 5.46. The summed E-state index contributed by atoms with van der Waals surface area (Å²) in [6.07, 6.45) is 1.31. The quantitative estimate of drug-likeness (QED) is 0.654. The van der Waals surface area contributed by atoms with E-state index in [1.807, 2.05) is 7.05 Å². The molecule has 0 aromatic heterocycles. The molecule has 0 aromatic carbocycles. The first kappa shape index (κ1) is 12.9. The van der Waals surface area contributed by atoms with Gasteiger partial charge in [0.15, 0.2) is 0 Å². The number of hydrogen-bond donors (Lipinski definition) is 1. The van der Waals surface area contributed by atoms with Crippen molar-refractivity contribution in [1.29, 1.82) is 0 Å². The van der Waals surface area contributed by atoms with Crippen LogP contribution in [0.3, 0.4) is 0 Å². The van der Waals surface area contributed by atoms with Crippen molar-refractivity contribution in [3.63, 3.8) is 0 Å². The molecule has 0 saturated heterocycles. The van der Waals surface area contributed by atoms with Gasteiger partial charge in [0, 0.05) is 19.1 Å². The molecule has 1 N–H and O–H groups in total. The van der Waals surface area contributed by atoms with Gasteiger partial charge in [-0.3, -0.25) is 4.90 Å². The van der Waals surface area contributed by atoms with Gasteiger partial charge in [0.1, 0.15) is 0 Å². The summed E-state index contributed by atoms with van der Waals surface area (Å²) in [6.45, 7) is 12.6. The van der Waals surface area contributed by atoms with Crippen LogP contribution in [0.4, 0.5) is 0 Å². The van der Waals surface area contributed by atoms with E-state index in [4.69, 9.17) is 0 Å². The third-order valence-corrected chi connectivity index (χ3v) is 2.37. The average molecular weight is 186 g/mol. The highest BCUT2D eigenvalue weighted by Gasteiger charge is 2.08. The predicted octanol–water partition coefficient (Wildman–Crippen LogP) is 1.96. The third-order valence-electron chi connectivity index (χ3n) is 2.37. The molecule has 0 heterocycles. The second-order valence-corrected chi connectivity index (χ2v) is 4.42. The van der Waals surface area contributed by atoms with Gasteiger partial charge in [0.2, 0.25) is 0 Å². The van der Waals surface area contributed by atoms with E-state index in [9.17, 15) is 0 Å². The molecule has 0 radical (unpaired) electrons. The maximum Gasteiger partial charge on any atom is 0.0109 e. The first-order valence-electron chi connectivity index (χ1n) is 5.46. The standard InChI is InChI=1S/C11H26N2/c1-10(2)6-8-13(11(3)4)9-7-12-5/h10-12H,6-9H2,1-5H3. The molecule has 0 unspecified atom stereocenters. The summed E-state index contributed by atoms with van der Waals surface area (Å²) in [5.41, 5.74) is 0. The maximum atomic E-state index is 3.20. The summed E-state index contributed by atoms with van der Waals surface area (Å²) in [7, 11) is 2.01. The normalized spacial score (nSPS) is 12.0. The summed E-state index contributed by atoms with van der Waals surface area (Å²) >= 11 is 0. The molecule has 0 aliphatic rings. The van der Waals surface area contributed by atoms with Crippen LogP contribution >= 0.6 is 0 Å². The van der Waals surface area contributed by atoms with Crippen molar-refractivity contribution < 1.29 is 0 Å². The van der Waals surface area contributed by atoms with Crippen LogP contribution in [0.15, 0.2) is 0 Å². The molecule has 0 rings (SSSR count). The minimum Gasteiger partial charge on any atom is -0.318 e. The molecule has 0 spiro atoms. The summed E-state index contributed by atoms with van der Waals surface area (Å²) in [5.74, 6) is 0.816. The Balaban J connectivity index is 3.67. The molecule has 0 aliphatic heterocycles. The van der Waals surface area contributed by atoms with Crippen LogP contribution in [0.2, 0.25) is 0 Å². The number of likely N-dealkylation sites (N-methyl/N-ethyl adjacent to an activating group) is 1. The highest BCUT2D eigenvalue weighted by Crippen LogP contribution is 2.04. The van der Waals surface area contributed by atoms with E-state index < -0.39 is 0 Å². The van der Waals surface area contributed by atoms with Crippen molar-refractivity contribution >= 4 is 0 Å². The van der Waals surface area contributed by atoms with E-state index in [1.54, 1.807) is 0 Å². The van der Waals surface area contributed by atoms with Gasteiger partial charge in [-0.05, 0) is 39.8 Å². The van der Waals surface area contributed by atoms with E-state index in [0.717, 1.165) is 12.5 Å². The molecule has 2 heteroatoms. The lowest BCUT2D eigenvalue weighted by Gasteiger charge is -2.27. The monoisotopic (exact) mass is 186 g/mol. The minimum atomic E-state index is 0.673. The molecular formula is C11H26N2. The molecule has 2 nitrogen and oxygen atoms in total. The molecule has 0 amide bonds. The number of nitrogens with zero attached hydrogens (tertiary/aromatic N) is 1. The largest absolute Gasteiger partial charge is 0.318 e. The van der Waals surface area contributed by atoms with Crippen LogP contribution in [-0.2, 0) is 0 Å². The molecule has 0 bridgehead atoms. The third kappa shape index (κ3) is 7.03. The lowest BCUT2D eigenvalue weighted by Crippen LogP contribution is -2.37. The van der Waals surface area contributed by atoms with Crippen LogP contribution in [0.1, 0.15) is 34.1 Å². The molecular weight excluding hydrogens is 160 g/mol. The van der Waals surface area contributed by atoms with Gasteiger partial charge in [-0.15, -0.1) is 0 Å². The second-order valence-electron chi connectivity index (χ2n) is 4.42. The number of nitrogens with one attached hydrogen (secondary N) is 1. The summed E-state index contributed by atoms with van der Waals surface area (Å²) in [4.78, 5) is 2.54. The lowest BCUT2D eigenvalue weighted by atomic mass is 10.1. The average Bonchev–Trinajstić information content (AvgIpc) is 2.03. The summed E-state index contributed by atoms with van der Waals surface area (Å²) in [5, 5.41) is 3.20. The second kappa shape index (κ2) is 7.34. The Hall–Kier alpha value is -0.0800. The Morgan fingerprint density at radius 1 is 1.08 bits per heavy atom. The predicted molar refractivity (Wildman–Crippen MR) is 60.1 cm³/mol. The number of hydrogen-bond acceptors (Lipinski definition) is 2. The Kier molecular flexibility index (Phi) is 7.29. The minimum absolute atomic E-state index is 0.673. The zero-order valence-corrected chi connectivity index (χ0v) is 9.93.